The van der Waals surface area contributed by atoms with Crippen molar-refractivity contribution in [1.82, 2.24) is 4.98 Å². The number of pyridine rings is 1. The van der Waals surface area contributed by atoms with Crippen molar-refractivity contribution in [2.24, 2.45) is 0 Å². The van der Waals surface area contributed by atoms with E-state index in [2.05, 4.69) is 9.88 Å². The average molecular weight is 202 g/mol. The van der Waals surface area contributed by atoms with E-state index in [1.807, 2.05) is 38.5 Å². The Morgan fingerprint density at radius 3 is 2.60 bits per heavy atom. The number of anilines is 1. The maximum absolute atomic E-state index is 5.32. The first-order valence-corrected chi connectivity index (χ1v) is 4.82. The van der Waals surface area contributed by atoms with E-state index in [0.717, 1.165) is 22.2 Å². The van der Waals surface area contributed by atoms with Crippen LogP contribution in [-0.4, -0.2) is 26.2 Å². The van der Waals surface area contributed by atoms with Crippen LogP contribution >= 0.6 is 0 Å². The molecule has 0 N–H and O–H groups in total. The van der Waals surface area contributed by atoms with Crippen LogP contribution in [0.4, 0.5) is 5.69 Å². The van der Waals surface area contributed by atoms with Gasteiger partial charge in [-0.3, -0.25) is 4.98 Å². The molecule has 0 spiro atoms. The van der Waals surface area contributed by atoms with E-state index in [1.165, 1.54) is 0 Å². The second-order valence-electron chi connectivity index (χ2n) is 3.60. The highest BCUT2D eigenvalue weighted by Crippen LogP contribution is 2.31. The van der Waals surface area contributed by atoms with Gasteiger partial charge in [0.05, 0.1) is 7.11 Å². The van der Waals surface area contributed by atoms with E-state index in [0.29, 0.717) is 0 Å². The molecular formula is C12H14N2O. The third kappa shape index (κ3) is 1.61. The maximum Gasteiger partial charge on any atom is 0.126 e. The van der Waals surface area contributed by atoms with Gasteiger partial charge in [0.25, 0.3) is 0 Å². The first-order chi connectivity index (χ1) is 7.24. The van der Waals surface area contributed by atoms with Gasteiger partial charge in [-0.2, -0.15) is 0 Å². The van der Waals surface area contributed by atoms with Crippen LogP contribution in [0.3, 0.4) is 0 Å². The Labute approximate surface area is 89.3 Å². The molecule has 3 nitrogen and oxygen atoms in total. The smallest absolute Gasteiger partial charge is 0.126 e. The van der Waals surface area contributed by atoms with Crippen LogP contribution in [0.5, 0.6) is 5.75 Å². The van der Waals surface area contributed by atoms with E-state index in [9.17, 15) is 0 Å². The van der Waals surface area contributed by atoms with Gasteiger partial charge in [-0.15, -0.1) is 0 Å². The lowest BCUT2D eigenvalue weighted by Gasteiger charge is -2.16. The number of ether oxygens (including phenoxy) is 1. The summed E-state index contributed by atoms with van der Waals surface area (Å²) in [5, 5.41) is 2.21. The highest BCUT2D eigenvalue weighted by atomic mass is 16.5. The molecule has 0 radical (unpaired) electrons. The minimum Gasteiger partial charge on any atom is -0.496 e. The molecule has 1 aromatic carbocycles. The second-order valence-corrected chi connectivity index (χ2v) is 3.60. The zero-order valence-corrected chi connectivity index (χ0v) is 9.19. The van der Waals surface area contributed by atoms with Crippen molar-refractivity contribution in [3.8, 4) is 5.75 Å². The molecule has 78 valence electrons. The van der Waals surface area contributed by atoms with Gasteiger partial charge in [0.1, 0.15) is 5.75 Å². The molecule has 0 unspecified atom stereocenters. The predicted octanol–water partition coefficient (Wildman–Crippen LogP) is 2.31. The lowest BCUT2D eigenvalue weighted by atomic mass is 10.1. The predicted molar refractivity (Wildman–Crippen MR) is 62.6 cm³/mol. The summed E-state index contributed by atoms with van der Waals surface area (Å²) in [6.07, 6.45) is 3.65. The molecule has 0 saturated carbocycles. The minimum absolute atomic E-state index is 0.887. The molecule has 0 aliphatic carbocycles. The van der Waals surface area contributed by atoms with Crippen molar-refractivity contribution < 1.29 is 4.74 Å². The zero-order chi connectivity index (χ0) is 10.8. The number of fused-ring (bicyclic) bond motifs is 1. The van der Waals surface area contributed by atoms with Crippen molar-refractivity contribution in [1.29, 1.82) is 0 Å². The molecule has 15 heavy (non-hydrogen) atoms. The normalized spacial score (nSPS) is 10.3. The molecule has 2 aromatic rings. The fourth-order valence-electron chi connectivity index (χ4n) is 1.72. The Balaban J connectivity index is 2.77. The Morgan fingerprint density at radius 1 is 1.13 bits per heavy atom. The van der Waals surface area contributed by atoms with Gasteiger partial charge in [0, 0.05) is 42.9 Å². The molecule has 0 fully saturated rings. The quantitative estimate of drug-likeness (QED) is 0.747. The van der Waals surface area contributed by atoms with Gasteiger partial charge in [0.2, 0.25) is 0 Å². The van der Waals surface area contributed by atoms with Gasteiger partial charge >= 0.3 is 0 Å². The Hall–Kier alpha value is -1.77. The Morgan fingerprint density at radius 2 is 1.93 bits per heavy atom. The number of aromatic nitrogens is 1. The lowest BCUT2D eigenvalue weighted by molar-refractivity contribution is 0.420. The molecular weight excluding hydrogens is 188 g/mol. The van der Waals surface area contributed by atoms with Gasteiger partial charge in [-0.05, 0) is 18.2 Å². The largest absolute Gasteiger partial charge is 0.496 e. The highest BCUT2D eigenvalue weighted by molar-refractivity contribution is 5.97. The van der Waals surface area contributed by atoms with Gasteiger partial charge < -0.3 is 9.64 Å². The summed E-state index contributed by atoms with van der Waals surface area (Å²) < 4.78 is 5.32. The number of nitrogens with zero attached hydrogens (tertiary/aromatic N) is 2. The van der Waals surface area contributed by atoms with Gasteiger partial charge in [-0.25, -0.2) is 0 Å². The third-order valence-corrected chi connectivity index (χ3v) is 2.46. The first-order valence-electron chi connectivity index (χ1n) is 4.82. The third-order valence-electron chi connectivity index (χ3n) is 2.46. The molecule has 0 amide bonds. The van der Waals surface area contributed by atoms with Crippen molar-refractivity contribution >= 4 is 16.5 Å². The number of benzene rings is 1. The molecule has 0 aliphatic heterocycles. The summed E-state index contributed by atoms with van der Waals surface area (Å²) >= 11 is 0. The van der Waals surface area contributed by atoms with E-state index in [-0.39, 0.29) is 0 Å². The summed E-state index contributed by atoms with van der Waals surface area (Å²) in [6, 6.07) is 6.00. The SMILES string of the molecule is COc1ccc(N(C)C)c2cnccc12. The molecule has 0 saturated heterocycles. The second kappa shape index (κ2) is 3.77. The van der Waals surface area contributed by atoms with Crippen molar-refractivity contribution in [2.45, 2.75) is 0 Å². The topological polar surface area (TPSA) is 25.4 Å². The molecule has 1 heterocycles. The zero-order valence-electron chi connectivity index (χ0n) is 9.19. The summed E-state index contributed by atoms with van der Waals surface area (Å²) in [5.74, 6) is 0.887. The van der Waals surface area contributed by atoms with E-state index in [4.69, 9.17) is 4.74 Å². The van der Waals surface area contributed by atoms with Crippen LogP contribution in [0.2, 0.25) is 0 Å². The highest BCUT2D eigenvalue weighted by Gasteiger charge is 2.06. The van der Waals surface area contributed by atoms with Crippen LogP contribution < -0.4 is 9.64 Å². The van der Waals surface area contributed by atoms with Gasteiger partial charge in [0.15, 0.2) is 0 Å². The fraction of sp³-hybridized carbons (Fsp3) is 0.250. The number of rotatable bonds is 2. The maximum atomic E-state index is 5.32. The molecule has 3 heteroatoms. The van der Waals surface area contributed by atoms with Crippen molar-refractivity contribution in [3.63, 3.8) is 0 Å². The number of methoxy groups -OCH3 is 1. The molecule has 0 aliphatic rings. The van der Waals surface area contributed by atoms with Crippen LogP contribution in [-0.2, 0) is 0 Å². The summed E-state index contributed by atoms with van der Waals surface area (Å²) in [4.78, 5) is 6.22. The van der Waals surface area contributed by atoms with Gasteiger partial charge in [-0.1, -0.05) is 0 Å². The summed E-state index contributed by atoms with van der Waals surface area (Å²) in [5.41, 5.74) is 1.15. The molecule has 0 atom stereocenters. The van der Waals surface area contributed by atoms with E-state index >= 15 is 0 Å². The number of hydrogen-bond acceptors (Lipinski definition) is 3. The lowest BCUT2D eigenvalue weighted by Crippen LogP contribution is -2.09. The molecule has 1 aromatic heterocycles. The van der Waals surface area contributed by atoms with Crippen molar-refractivity contribution in [3.05, 3.63) is 30.6 Å². The summed E-state index contributed by atoms with van der Waals surface area (Å²) in [7, 11) is 5.73. The Bertz CT molecular complexity index is 480. The van der Waals surface area contributed by atoms with Crippen LogP contribution in [0, 0.1) is 0 Å². The minimum atomic E-state index is 0.887. The summed E-state index contributed by atoms with van der Waals surface area (Å²) in [6.45, 7) is 0. The monoisotopic (exact) mass is 202 g/mol. The fourth-order valence-corrected chi connectivity index (χ4v) is 1.72. The first kappa shape index (κ1) is 9.77. The molecule has 0 bridgehead atoms. The standard InChI is InChI=1S/C12H14N2O/c1-14(2)11-4-5-12(15-3)9-6-7-13-8-10(9)11/h4-8H,1-3H3. The van der Waals surface area contributed by atoms with Crippen molar-refractivity contribution in [2.75, 3.05) is 26.1 Å². The van der Waals surface area contributed by atoms with Crippen LogP contribution in [0.1, 0.15) is 0 Å². The molecule has 2 rings (SSSR count). The van der Waals surface area contributed by atoms with E-state index in [1.54, 1.807) is 13.3 Å². The van der Waals surface area contributed by atoms with E-state index < -0.39 is 0 Å². The average Bonchev–Trinajstić information content (AvgIpc) is 2.27. The number of hydrogen-bond donors (Lipinski definition) is 0. The van der Waals surface area contributed by atoms with Crippen LogP contribution in [0.25, 0.3) is 10.8 Å². The Kier molecular flexibility index (Phi) is 2.46. The van der Waals surface area contributed by atoms with Crippen LogP contribution in [0.15, 0.2) is 30.6 Å².